The molecule has 0 saturated carbocycles. The third-order valence-electron chi connectivity index (χ3n) is 0.494. The Morgan fingerprint density at radius 1 is 1.75 bits per heavy atom. The molecule has 0 rings (SSSR count). The molecule has 4 nitrogen and oxygen atoms in total. The molecule has 0 aromatic heterocycles. The van der Waals surface area contributed by atoms with Crippen molar-refractivity contribution in [3.8, 4) is 0 Å². The molecule has 0 fully saturated rings. The largest absolute Gasteiger partial charge is 0.477 e. The van der Waals surface area contributed by atoms with Crippen molar-refractivity contribution in [2.75, 3.05) is 5.33 Å². The zero-order chi connectivity index (χ0) is 6.57. The van der Waals surface area contributed by atoms with Crippen LogP contribution in [-0.4, -0.2) is 27.3 Å². The number of hydrogen-bond donors (Lipinski definition) is 2. The van der Waals surface area contributed by atoms with Gasteiger partial charge in [0.05, 0.1) is 5.33 Å². The average molecular weight is 182 g/mol. The lowest BCUT2D eigenvalue weighted by Gasteiger charge is -1.86. The fourth-order valence-corrected chi connectivity index (χ4v) is 0.479. The van der Waals surface area contributed by atoms with Gasteiger partial charge in [-0.3, -0.25) is 0 Å². The monoisotopic (exact) mass is 181 g/mol. The van der Waals surface area contributed by atoms with Crippen molar-refractivity contribution in [1.29, 1.82) is 0 Å². The van der Waals surface area contributed by atoms with Gasteiger partial charge in [-0.25, -0.2) is 4.79 Å². The number of oxime groups is 1. The van der Waals surface area contributed by atoms with Crippen molar-refractivity contribution in [2.45, 2.75) is 0 Å². The van der Waals surface area contributed by atoms with E-state index in [9.17, 15) is 4.79 Å². The number of aliphatic carboxylic acids is 1. The second-order valence-electron chi connectivity index (χ2n) is 0.985. The summed E-state index contributed by atoms with van der Waals surface area (Å²) in [5.74, 6) is -1.22. The number of halogens is 1. The topological polar surface area (TPSA) is 69.9 Å². The van der Waals surface area contributed by atoms with Crippen LogP contribution in [0.4, 0.5) is 0 Å². The lowest BCUT2D eigenvalue weighted by atomic mass is 10.4. The molecule has 5 heteroatoms. The Balaban J connectivity index is 3.92. The smallest absolute Gasteiger partial charge is 0.354 e. The first kappa shape index (κ1) is 7.42. The minimum absolute atomic E-state index is 0.0544. The Labute approximate surface area is 53.9 Å². The first-order valence-electron chi connectivity index (χ1n) is 1.72. The summed E-state index contributed by atoms with van der Waals surface area (Å²) >= 11 is 2.80. The van der Waals surface area contributed by atoms with Crippen molar-refractivity contribution < 1.29 is 15.1 Å². The van der Waals surface area contributed by atoms with Crippen molar-refractivity contribution in [3.63, 3.8) is 0 Å². The van der Waals surface area contributed by atoms with Gasteiger partial charge in [0.2, 0.25) is 0 Å². The molecular weight excluding hydrogens is 178 g/mol. The number of carboxylic acid groups (broad SMARTS) is 1. The summed E-state index contributed by atoms with van der Waals surface area (Å²) in [7, 11) is 0. The van der Waals surface area contributed by atoms with Crippen LogP contribution in [0.15, 0.2) is 5.16 Å². The van der Waals surface area contributed by atoms with E-state index < -0.39 is 5.97 Å². The van der Waals surface area contributed by atoms with E-state index >= 15 is 0 Å². The highest BCUT2D eigenvalue weighted by Gasteiger charge is 2.05. The molecule has 0 unspecified atom stereocenters. The summed E-state index contributed by atoms with van der Waals surface area (Å²) in [4.78, 5) is 9.84. The molecule has 0 aromatic rings. The summed E-state index contributed by atoms with van der Waals surface area (Å²) in [6.07, 6.45) is 0. The zero-order valence-electron chi connectivity index (χ0n) is 3.83. The highest BCUT2D eigenvalue weighted by atomic mass is 79.9. The van der Waals surface area contributed by atoms with E-state index in [4.69, 9.17) is 10.3 Å². The Hall–Kier alpha value is -0.580. The number of hydrogen-bond acceptors (Lipinski definition) is 3. The van der Waals surface area contributed by atoms with Crippen molar-refractivity contribution in [3.05, 3.63) is 0 Å². The van der Waals surface area contributed by atoms with Gasteiger partial charge in [-0.2, -0.15) is 0 Å². The second kappa shape index (κ2) is 3.43. The molecule has 0 bridgehead atoms. The zero-order valence-corrected chi connectivity index (χ0v) is 5.42. The van der Waals surface area contributed by atoms with Crippen LogP contribution in [0, 0.1) is 0 Å². The van der Waals surface area contributed by atoms with Crippen LogP contribution in [0.25, 0.3) is 0 Å². The molecule has 0 amide bonds. The Kier molecular flexibility index (Phi) is 3.18. The first-order chi connectivity index (χ1) is 3.72. The predicted molar refractivity (Wildman–Crippen MR) is 30.7 cm³/mol. The quantitative estimate of drug-likeness (QED) is 0.279. The molecule has 0 heterocycles. The summed E-state index contributed by atoms with van der Waals surface area (Å²) in [5, 5.41) is 18.5. The van der Waals surface area contributed by atoms with E-state index in [1.54, 1.807) is 0 Å². The van der Waals surface area contributed by atoms with Gasteiger partial charge in [0.1, 0.15) is 0 Å². The third kappa shape index (κ3) is 1.92. The van der Waals surface area contributed by atoms with Crippen LogP contribution in [-0.2, 0) is 4.79 Å². The van der Waals surface area contributed by atoms with Gasteiger partial charge < -0.3 is 10.3 Å². The van der Waals surface area contributed by atoms with E-state index in [-0.39, 0.29) is 11.0 Å². The molecule has 2 N–H and O–H groups in total. The predicted octanol–water partition coefficient (Wildman–Crippen LogP) is 0.296. The molecule has 0 saturated heterocycles. The standard InChI is InChI=1S/C3H4BrNO3/c4-1-2(5-8)3(6)7/h8H,1H2,(H,6,7)/b5-2+. The maximum Gasteiger partial charge on any atom is 0.354 e. The van der Waals surface area contributed by atoms with Gasteiger partial charge >= 0.3 is 5.97 Å². The molecule has 0 radical (unpaired) electrons. The number of carbonyl (C=O) groups is 1. The first-order valence-corrected chi connectivity index (χ1v) is 2.84. The number of rotatable bonds is 2. The van der Waals surface area contributed by atoms with Crippen molar-refractivity contribution >= 4 is 27.6 Å². The lowest BCUT2D eigenvalue weighted by Crippen LogP contribution is -2.13. The van der Waals surface area contributed by atoms with Crippen LogP contribution >= 0.6 is 15.9 Å². The molecular formula is C3H4BrNO3. The SMILES string of the molecule is O=C(O)/C(CBr)=N/O. The van der Waals surface area contributed by atoms with Crippen LogP contribution in [0.3, 0.4) is 0 Å². The molecule has 0 aliphatic heterocycles. The van der Waals surface area contributed by atoms with Gasteiger partial charge in [-0.05, 0) is 0 Å². The van der Waals surface area contributed by atoms with Crippen molar-refractivity contribution in [2.24, 2.45) is 5.16 Å². The van der Waals surface area contributed by atoms with Gasteiger partial charge in [0, 0.05) is 0 Å². The van der Waals surface area contributed by atoms with Crippen LogP contribution in [0.5, 0.6) is 0 Å². The normalized spacial score (nSPS) is 11.4. The van der Waals surface area contributed by atoms with Gasteiger partial charge in [-0.1, -0.05) is 21.1 Å². The molecule has 0 aromatic carbocycles. The lowest BCUT2D eigenvalue weighted by molar-refractivity contribution is -0.129. The minimum Gasteiger partial charge on any atom is -0.477 e. The summed E-state index contributed by atoms with van der Waals surface area (Å²) in [6, 6.07) is 0. The van der Waals surface area contributed by atoms with E-state index in [0.29, 0.717) is 0 Å². The molecule has 46 valence electrons. The van der Waals surface area contributed by atoms with Gasteiger partial charge in [0.15, 0.2) is 5.71 Å². The fourth-order valence-electron chi connectivity index (χ4n) is 0.127. The number of carboxylic acids is 1. The highest BCUT2D eigenvalue weighted by molar-refractivity contribution is 9.09. The Bertz CT molecular complexity index is 122. The number of alkyl halides is 1. The molecule has 0 aliphatic rings. The fraction of sp³-hybridized carbons (Fsp3) is 0.333. The summed E-state index contributed by atoms with van der Waals surface area (Å²) in [5.41, 5.74) is -0.301. The van der Waals surface area contributed by atoms with Gasteiger partial charge in [-0.15, -0.1) is 0 Å². The van der Waals surface area contributed by atoms with Gasteiger partial charge in [0.25, 0.3) is 0 Å². The maximum atomic E-state index is 9.84. The third-order valence-corrected chi connectivity index (χ3v) is 1.03. The molecule has 0 spiro atoms. The summed E-state index contributed by atoms with van der Waals surface area (Å²) in [6.45, 7) is 0. The summed E-state index contributed by atoms with van der Waals surface area (Å²) < 4.78 is 0. The minimum atomic E-state index is -1.22. The molecule has 8 heavy (non-hydrogen) atoms. The van der Waals surface area contributed by atoms with E-state index in [1.165, 1.54) is 0 Å². The maximum absolute atomic E-state index is 9.84. The Morgan fingerprint density at radius 2 is 2.25 bits per heavy atom. The van der Waals surface area contributed by atoms with E-state index in [2.05, 4.69) is 21.1 Å². The van der Waals surface area contributed by atoms with Crippen LogP contribution < -0.4 is 0 Å². The van der Waals surface area contributed by atoms with Crippen LogP contribution in [0.2, 0.25) is 0 Å². The molecule has 0 aliphatic carbocycles. The van der Waals surface area contributed by atoms with E-state index in [0.717, 1.165) is 0 Å². The number of nitrogens with zero attached hydrogens (tertiary/aromatic N) is 1. The average Bonchev–Trinajstić information content (AvgIpc) is 1.69. The van der Waals surface area contributed by atoms with E-state index in [1.807, 2.05) is 0 Å². The van der Waals surface area contributed by atoms with Crippen LogP contribution in [0.1, 0.15) is 0 Å². The second-order valence-corrected chi connectivity index (χ2v) is 1.55. The highest BCUT2D eigenvalue weighted by Crippen LogP contribution is 1.84. The Morgan fingerprint density at radius 3 is 2.25 bits per heavy atom. The van der Waals surface area contributed by atoms with Crippen molar-refractivity contribution in [1.82, 2.24) is 0 Å². The molecule has 0 atom stereocenters.